The molecule has 0 bridgehead atoms. The van der Waals surface area contributed by atoms with Crippen molar-refractivity contribution in [1.29, 1.82) is 0 Å². The summed E-state index contributed by atoms with van der Waals surface area (Å²) in [5.41, 5.74) is 0.252. The van der Waals surface area contributed by atoms with E-state index in [0.717, 1.165) is 5.69 Å². The van der Waals surface area contributed by atoms with Gasteiger partial charge in [-0.1, -0.05) is 12.1 Å². The molecule has 0 heterocycles. The summed E-state index contributed by atoms with van der Waals surface area (Å²) < 4.78 is 0. The van der Waals surface area contributed by atoms with Crippen molar-refractivity contribution in [1.82, 2.24) is 0 Å². The second kappa shape index (κ2) is 4.75. The molecule has 0 aliphatic heterocycles. The second-order valence-corrected chi connectivity index (χ2v) is 4.65. The largest absolute Gasteiger partial charge is 0.481 e. The molecule has 4 nitrogen and oxygen atoms in total. The molecule has 1 aromatic rings. The lowest BCUT2D eigenvalue weighted by Crippen LogP contribution is -2.35. The van der Waals surface area contributed by atoms with E-state index in [9.17, 15) is 9.90 Å². The van der Waals surface area contributed by atoms with E-state index in [-0.39, 0.29) is 0 Å². The number of hydrogen-bond donors (Lipinski definition) is 2. The molecule has 0 saturated carbocycles. The van der Waals surface area contributed by atoms with Crippen LogP contribution in [0.4, 0.5) is 5.69 Å². The number of carboxylic acids is 1. The van der Waals surface area contributed by atoms with Crippen molar-refractivity contribution in [2.24, 2.45) is 5.92 Å². The van der Waals surface area contributed by atoms with Gasteiger partial charge in [-0.2, -0.15) is 0 Å². The highest BCUT2D eigenvalue weighted by atomic mass is 16.4. The Hall–Kier alpha value is -1.55. The lowest BCUT2D eigenvalue weighted by molar-refractivity contribution is -0.150. The molecule has 0 aliphatic rings. The molecule has 0 aromatic heterocycles. The minimum absolute atomic E-state index is 0.609. The summed E-state index contributed by atoms with van der Waals surface area (Å²) in [6.45, 7) is 3.03. The fraction of sp³-hybridized carbons (Fsp3) is 0.462. The lowest BCUT2D eigenvalue weighted by Gasteiger charge is -2.28. The van der Waals surface area contributed by atoms with E-state index < -0.39 is 17.5 Å². The van der Waals surface area contributed by atoms with Gasteiger partial charge in [0.25, 0.3) is 0 Å². The van der Waals surface area contributed by atoms with Crippen molar-refractivity contribution in [3.63, 3.8) is 0 Å². The minimum Gasteiger partial charge on any atom is -0.481 e. The quantitative estimate of drug-likeness (QED) is 0.836. The SMILES string of the molecule is CC(C(=O)O)C(C)(O)c1ccc(N(C)C)cc1. The van der Waals surface area contributed by atoms with Gasteiger partial charge in [-0.3, -0.25) is 4.79 Å². The predicted octanol–water partition coefficient (Wildman–Crippen LogP) is 1.68. The molecule has 94 valence electrons. The molecule has 2 N–H and O–H groups in total. The average molecular weight is 237 g/mol. The molecule has 1 rings (SSSR count). The summed E-state index contributed by atoms with van der Waals surface area (Å²) in [7, 11) is 3.85. The van der Waals surface area contributed by atoms with Crippen LogP contribution in [-0.4, -0.2) is 30.3 Å². The second-order valence-electron chi connectivity index (χ2n) is 4.65. The first kappa shape index (κ1) is 13.5. The zero-order valence-corrected chi connectivity index (χ0v) is 10.6. The Balaban J connectivity index is 3.03. The Bertz CT molecular complexity index is 396. The van der Waals surface area contributed by atoms with Gasteiger partial charge in [-0.15, -0.1) is 0 Å². The molecule has 2 atom stereocenters. The van der Waals surface area contributed by atoms with Gasteiger partial charge >= 0.3 is 5.97 Å². The van der Waals surface area contributed by atoms with Crippen LogP contribution in [0.5, 0.6) is 0 Å². The molecule has 0 spiro atoms. The molecule has 0 radical (unpaired) electrons. The number of anilines is 1. The lowest BCUT2D eigenvalue weighted by atomic mass is 9.84. The summed E-state index contributed by atoms with van der Waals surface area (Å²) in [5, 5.41) is 19.2. The molecular weight excluding hydrogens is 218 g/mol. The van der Waals surface area contributed by atoms with Crippen molar-refractivity contribution >= 4 is 11.7 Å². The summed E-state index contributed by atoms with van der Waals surface area (Å²) in [5.74, 6) is -1.86. The standard InChI is InChI=1S/C13H19NO3/c1-9(12(15)16)13(2,17)10-5-7-11(8-6-10)14(3)4/h5-9,17H,1-4H3,(H,15,16). The minimum atomic E-state index is -1.36. The Morgan fingerprint density at radius 3 is 2.12 bits per heavy atom. The van der Waals surface area contributed by atoms with Crippen LogP contribution < -0.4 is 4.90 Å². The summed E-state index contributed by atoms with van der Waals surface area (Å²) in [6, 6.07) is 7.24. The number of carboxylic acid groups (broad SMARTS) is 1. The van der Waals surface area contributed by atoms with Gasteiger partial charge in [0.05, 0.1) is 11.5 Å². The fourth-order valence-electron chi connectivity index (χ4n) is 1.59. The topological polar surface area (TPSA) is 60.8 Å². The maximum Gasteiger partial charge on any atom is 0.309 e. The Kier molecular flexibility index (Phi) is 3.78. The monoisotopic (exact) mass is 237 g/mol. The first-order valence-corrected chi connectivity index (χ1v) is 5.50. The fourth-order valence-corrected chi connectivity index (χ4v) is 1.59. The zero-order valence-electron chi connectivity index (χ0n) is 10.6. The third-order valence-corrected chi connectivity index (χ3v) is 3.18. The maximum absolute atomic E-state index is 10.9. The molecule has 2 unspecified atom stereocenters. The van der Waals surface area contributed by atoms with Crippen LogP contribution in [0.3, 0.4) is 0 Å². The van der Waals surface area contributed by atoms with Crippen LogP contribution in [0.15, 0.2) is 24.3 Å². The van der Waals surface area contributed by atoms with E-state index in [2.05, 4.69) is 0 Å². The Morgan fingerprint density at radius 1 is 1.29 bits per heavy atom. The molecule has 0 fully saturated rings. The van der Waals surface area contributed by atoms with E-state index in [4.69, 9.17) is 5.11 Å². The summed E-state index contributed by atoms with van der Waals surface area (Å²) in [6.07, 6.45) is 0. The number of aliphatic hydroxyl groups is 1. The van der Waals surface area contributed by atoms with E-state index in [1.54, 1.807) is 12.1 Å². The van der Waals surface area contributed by atoms with Crippen LogP contribution in [0.2, 0.25) is 0 Å². The van der Waals surface area contributed by atoms with Gasteiger partial charge in [0.2, 0.25) is 0 Å². The molecule has 0 saturated heterocycles. The van der Waals surface area contributed by atoms with Crippen LogP contribution in [0, 0.1) is 5.92 Å². The van der Waals surface area contributed by atoms with Crippen LogP contribution in [0.25, 0.3) is 0 Å². The van der Waals surface area contributed by atoms with Gasteiger partial charge in [0, 0.05) is 19.8 Å². The summed E-state index contributed by atoms with van der Waals surface area (Å²) in [4.78, 5) is 12.9. The van der Waals surface area contributed by atoms with E-state index in [0.29, 0.717) is 5.56 Å². The Morgan fingerprint density at radius 2 is 1.76 bits per heavy atom. The smallest absolute Gasteiger partial charge is 0.309 e. The number of aliphatic carboxylic acids is 1. The molecule has 17 heavy (non-hydrogen) atoms. The zero-order chi connectivity index (χ0) is 13.2. The van der Waals surface area contributed by atoms with Crippen molar-refractivity contribution in [2.45, 2.75) is 19.4 Å². The molecular formula is C13H19NO3. The highest BCUT2D eigenvalue weighted by molar-refractivity contribution is 5.71. The van der Waals surface area contributed by atoms with Gasteiger partial charge in [0.1, 0.15) is 0 Å². The third-order valence-electron chi connectivity index (χ3n) is 3.18. The van der Waals surface area contributed by atoms with E-state index >= 15 is 0 Å². The molecule has 1 aromatic carbocycles. The van der Waals surface area contributed by atoms with Crippen LogP contribution >= 0.6 is 0 Å². The number of hydrogen-bond acceptors (Lipinski definition) is 3. The number of rotatable bonds is 4. The predicted molar refractivity (Wildman–Crippen MR) is 67.1 cm³/mol. The van der Waals surface area contributed by atoms with Gasteiger partial charge in [-0.25, -0.2) is 0 Å². The highest BCUT2D eigenvalue weighted by Gasteiger charge is 2.35. The van der Waals surface area contributed by atoms with Crippen LogP contribution in [0.1, 0.15) is 19.4 Å². The molecule has 4 heteroatoms. The van der Waals surface area contributed by atoms with Crippen molar-refractivity contribution in [3.05, 3.63) is 29.8 Å². The van der Waals surface area contributed by atoms with Crippen molar-refractivity contribution in [3.8, 4) is 0 Å². The molecule has 0 amide bonds. The highest BCUT2D eigenvalue weighted by Crippen LogP contribution is 2.30. The van der Waals surface area contributed by atoms with Crippen molar-refractivity contribution < 1.29 is 15.0 Å². The van der Waals surface area contributed by atoms with Gasteiger partial charge in [-0.05, 0) is 31.5 Å². The first-order chi connectivity index (χ1) is 7.76. The first-order valence-electron chi connectivity index (χ1n) is 5.50. The number of carbonyl (C=O) groups is 1. The maximum atomic E-state index is 10.9. The van der Waals surface area contributed by atoms with E-state index in [1.165, 1.54) is 13.8 Å². The van der Waals surface area contributed by atoms with Gasteiger partial charge < -0.3 is 15.1 Å². The van der Waals surface area contributed by atoms with Crippen molar-refractivity contribution in [2.75, 3.05) is 19.0 Å². The van der Waals surface area contributed by atoms with Gasteiger partial charge in [0.15, 0.2) is 0 Å². The number of nitrogens with zero attached hydrogens (tertiary/aromatic N) is 1. The van der Waals surface area contributed by atoms with Crippen LogP contribution in [-0.2, 0) is 10.4 Å². The average Bonchev–Trinajstić information content (AvgIpc) is 2.27. The summed E-state index contributed by atoms with van der Waals surface area (Å²) >= 11 is 0. The normalized spacial score (nSPS) is 16.1. The van der Waals surface area contributed by atoms with E-state index in [1.807, 2.05) is 31.1 Å². The third kappa shape index (κ3) is 2.77. The number of benzene rings is 1. The molecule has 0 aliphatic carbocycles. The Labute approximate surface area is 101 Å².